The number of rotatable bonds is 5. The third kappa shape index (κ3) is 4.42. The predicted octanol–water partition coefficient (Wildman–Crippen LogP) is 8.18. The molecule has 0 aliphatic carbocycles. The highest BCUT2D eigenvalue weighted by Crippen LogP contribution is 2.35. The summed E-state index contributed by atoms with van der Waals surface area (Å²) >= 11 is 0. The topological polar surface area (TPSA) is 17.3 Å². The second-order valence-corrected chi connectivity index (χ2v) is 8.34. The van der Waals surface area contributed by atoms with E-state index in [2.05, 4.69) is 134 Å². The van der Waals surface area contributed by atoms with Crippen LogP contribution in [0.25, 0.3) is 28.2 Å². The highest BCUT2D eigenvalue weighted by Gasteiger charge is 2.18. The Morgan fingerprint density at radius 1 is 0.606 bits per heavy atom. The summed E-state index contributed by atoms with van der Waals surface area (Å²) < 4.78 is 2.34. The van der Waals surface area contributed by atoms with Crippen molar-refractivity contribution < 1.29 is 0 Å². The number of nitrogens with zero attached hydrogens (tertiary/aromatic N) is 2. The number of benzene rings is 4. The Balaban J connectivity index is 1.77. The van der Waals surface area contributed by atoms with E-state index in [-0.39, 0.29) is 0 Å². The minimum absolute atomic E-state index is 0.972. The van der Waals surface area contributed by atoms with Gasteiger partial charge in [-0.25, -0.2) is 0 Å². The third-order valence-electron chi connectivity index (χ3n) is 5.72. The van der Waals surface area contributed by atoms with Gasteiger partial charge in [-0.2, -0.15) is 0 Å². The molecule has 160 valence electrons. The molecular weight excluding hydrogens is 400 g/mol. The SMILES string of the molecule is Cc1cc(C)cc(N=Cc2cc(-c3ccccc3)n(-c3ccccc3)c2-c2ccccc2)c1. The lowest BCUT2D eigenvalue weighted by Crippen LogP contribution is -2.00. The zero-order valence-corrected chi connectivity index (χ0v) is 18.9. The molecule has 0 fully saturated rings. The highest BCUT2D eigenvalue weighted by molar-refractivity contribution is 5.94. The Kier molecular flexibility index (Phi) is 5.73. The molecule has 0 unspecified atom stereocenters. The Labute approximate surface area is 195 Å². The quantitative estimate of drug-likeness (QED) is 0.252. The molecule has 0 amide bonds. The highest BCUT2D eigenvalue weighted by atomic mass is 15.0. The molecule has 0 aliphatic rings. The van der Waals surface area contributed by atoms with Crippen molar-refractivity contribution in [1.82, 2.24) is 4.57 Å². The number of aromatic nitrogens is 1. The Morgan fingerprint density at radius 3 is 1.76 bits per heavy atom. The van der Waals surface area contributed by atoms with Crippen LogP contribution in [0.1, 0.15) is 16.7 Å². The maximum Gasteiger partial charge on any atom is 0.0635 e. The molecular formula is C31H26N2. The molecule has 1 aromatic heterocycles. The van der Waals surface area contributed by atoms with Crippen LogP contribution in [-0.4, -0.2) is 10.8 Å². The van der Waals surface area contributed by atoms with Gasteiger partial charge in [-0.3, -0.25) is 4.99 Å². The lowest BCUT2D eigenvalue weighted by Gasteiger charge is -2.15. The average molecular weight is 427 g/mol. The minimum Gasteiger partial charge on any atom is -0.309 e. The van der Waals surface area contributed by atoms with Crippen molar-refractivity contribution in [2.45, 2.75) is 13.8 Å². The van der Waals surface area contributed by atoms with Gasteiger partial charge in [0.1, 0.15) is 0 Å². The molecule has 0 saturated heterocycles. The van der Waals surface area contributed by atoms with E-state index < -0.39 is 0 Å². The average Bonchev–Trinajstić information content (AvgIpc) is 3.23. The first kappa shape index (κ1) is 20.7. The number of aryl methyl sites for hydroxylation is 2. The fourth-order valence-corrected chi connectivity index (χ4v) is 4.36. The monoisotopic (exact) mass is 426 g/mol. The van der Waals surface area contributed by atoms with Crippen LogP contribution >= 0.6 is 0 Å². The van der Waals surface area contributed by atoms with Gasteiger partial charge in [0.25, 0.3) is 0 Å². The summed E-state index contributed by atoms with van der Waals surface area (Å²) in [6, 6.07) is 40.3. The Hall–Kier alpha value is -4.17. The van der Waals surface area contributed by atoms with Gasteiger partial charge < -0.3 is 4.57 Å². The van der Waals surface area contributed by atoms with Crippen LogP contribution < -0.4 is 0 Å². The Bertz CT molecular complexity index is 1380. The summed E-state index contributed by atoms with van der Waals surface area (Å²) in [5, 5.41) is 0. The molecule has 33 heavy (non-hydrogen) atoms. The number of aliphatic imine (C=N–C) groups is 1. The van der Waals surface area contributed by atoms with E-state index in [1.807, 2.05) is 6.21 Å². The minimum atomic E-state index is 0.972. The van der Waals surface area contributed by atoms with E-state index in [0.717, 1.165) is 33.9 Å². The first-order valence-corrected chi connectivity index (χ1v) is 11.2. The predicted molar refractivity (Wildman–Crippen MR) is 140 cm³/mol. The summed E-state index contributed by atoms with van der Waals surface area (Å²) in [5.41, 5.74) is 10.2. The second kappa shape index (κ2) is 9.13. The van der Waals surface area contributed by atoms with Crippen LogP contribution in [0.4, 0.5) is 5.69 Å². The number of para-hydroxylation sites is 1. The van der Waals surface area contributed by atoms with Crippen molar-refractivity contribution in [3.8, 4) is 28.2 Å². The van der Waals surface area contributed by atoms with Crippen molar-refractivity contribution in [3.05, 3.63) is 132 Å². The zero-order chi connectivity index (χ0) is 22.6. The van der Waals surface area contributed by atoms with Gasteiger partial charge in [0.2, 0.25) is 0 Å². The van der Waals surface area contributed by atoms with Crippen LogP contribution in [0, 0.1) is 13.8 Å². The summed E-state index contributed by atoms with van der Waals surface area (Å²) in [6.45, 7) is 4.22. The smallest absolute Gasteiger partial charge is 0.0635 e. The lowest BCUT2D eigenvalue weighted by molar-refractivity contribution is 1.09. The van der Waals surface area contributed by atoms with Gasteiger partial charge in [-0.05, 0) is 66.4 Å². The van der Waals surface area contributed by atoms with Crippen LogP contribution in [-0.2, 0) is 0 Å². The molecule has 0 saturated carbocycles. The first-order valence-electron chi connectivity index (χ1n) is 11.2. The van der Waals surface area contributed by atoms with Gasteiger partial charge >= 0.3 is 0 Å². The Morgan fingerprint density at radius 2 is 1.15 bits per heavy atom. The molecule has 0 bridgehead atoms. The van der Waals surface area contributed by atoms with Crippen LogP contribution in [0.2, 0.25) is 0 Å². The molecule has 5 rings (SSSR count). The number of hydrogen-bond donors (Lipinski definition) is 0. The van der Waals surface area contributed by atoms with Crippen LogP contribution in [0.5, 0.6) is 0 Å². The normalized spacial score (nSPS) is 11.2. The third-order valence-corrected chi connectivity index (χ3v) is 5.72. The molecule has 0 atom stereocenters. The maximum absolute atomic E-state index is 4.89. The summed E-state index contributed by atoms with van der Waals surface area (Å²) in [7, 11) is 0. The van der Waals surface area contributed by atoms with E-state index in [9.17, 15) is 0 Å². The van der Waals surface area contributed by atoms with Crippen molar-refractivity contribution in [2.24, 2.45) is 4.99 Å². The molecule has 4 aromatic carbocycles. The van der Waals surface area contributed by atoms with Crippen molar-refractivity contribution in [1.29, 1.82) is 0 Å². The van der Waals surface area contributed by atoms with Gasteiger partial charge in [0.15, 0.2) is 0 Å². The van der Waals surface area contributed by atoms with Crippen LogP contribution in [0.3, 0.4) is 0 Å². The molecule has 0 spiro atoms. The molecule has 0 N–H and O–H groups in total. The maximum atomic E-state index is 4.89. The lowest BCUT2D eigenvalue weighted by atomic mass is 10.1. The van der Waals surface area contributed by atoms with E-state index in [1.54, 1.807) is 0 Å². The summed E-state index contributed by atoms with van der Waals surface area (Å²) in [6.07, 6.45) is 2.00. The van der Waals surface area contributed by atoms with Gasteiger partial charge in [-0.15, -0.1) is 0 Å². The van der Waals surface area contributed by atoms with Gasteiger partial charge in [0, 0.05) is 17.5 Å². The van der Waals surface area contributed by atoms with E-state index in [1.165, 1.54) is 16.7 Å². The van der Waals surface area contributed by atoms with Crippen molar-refractivity contribution in [3.63, 3.8) is 0 Å². The molecule has 0 radical (unpaired) electrons. The van der Waals surface area contributed by atoms with Gasteiger partial charge in [-0.1, -0.05) is 84.9 Å². The second-order valence-electron chi connectivity index (χ2n) is 8.34. The summed E-state index contributed by atoms with van der Waals surface area (Å²) in [4.78, 5) is 4.89. The van der Waals surface area contributed by atoms with Gasteiger partial charge in [0.05, 0.1) is 17.1 Å². The molecule has 2 nitrogen and oxygen atoms in total. The number of hydrogen-bond acceptors (Lipinski definition) is 1. The van der Waals surface area contributed by atoms with E-state index in [0.29, 0.717) is 0 Å². The van der Waals surface area contributed by atoms with Crippen LogP contribution in [0.15, 0.2) is 120 Å². The standard InChI is InChI=1S/C31H26N2/c1-23-18-24(2)20-28(19-23)32-22-27-21-30(25-12-6-3-7-13-25)33(29-16-10-5-11-17-29)31(27)26-14-8-4-9-15-26/h3-22H,1-2H3. The molecule has 0 aliphatic heterocycles. The van der Waals surface area contributed by atoms with E-state index in [4.69, 9.17) is 4.99 Å². The molecule has 5 aromatic rings. The molecule has 1 heterocycles. The largest absolute Gasteiger partial charge is 0.309 e. The van der Waals surface area contributed by atoms with Crippen molar-refractivity contribution >= 4 is 11.9 Å². The van der Waals surface area contributed by atoms with Crippen molar-refractivity contribution in [2.75, 3.05) is 0 Å². The first-order chi connectivity index (χ1) is 16.2. The fraction of sp³-hybridized carbons (Fsp3) is 0.0645. The van der Waals surface area contributed by atoms with E-state index >= 15 is 0 Å². The summed E-state index contributed by atoms with van der Waals surface area (Å²) in [5.74, 6) is 0. The zero-order valence-electron chi connectivity index (χ0n) is 18.9. The molecule has 2 heteroatoms. The fourth-order valence-electron chi connectivity index (χ4n) is 4.36.